The van der Waals surface area contributed by atoms with Gasteiger partial charge in [0.1, 0.15) is 24.0 Å². The minimum atomic E-state index is -0.560. The number of fused-ring (bicyclic) bond motifs is 5. The Morgan fingerprint density at radius 3 is 1.50 bits per heavy atom. The molecule has 0 aliphatic carbocycles. The molecular formula is C72H51BN6O. The molecule has 378 valence electrons. The molecule has 11 aromatic carbocycles. The Bertz CT molecular complexity index is 4620. The van der Waals surface area contributed by atoms with E-state index in [0.717, 1.165) is 51.2 Å². The second-order valence-electron chi connectivity index (χ2n) is 19.6. The molecule has 0 bridgehead atoms. The normalized spacial score (nSPS) is 14.6. The molecule has 0 N–H and O–H groups in total. The van der Waals surface area contributed by atoms with Crippen molar-refractivity contribution in [2.75, 3.05) is 31.2 Å². The van der Waals surface area contributed by atoms with Crippen molar-refractivity contribution in [2.24, 2.45) is 0 Å². The number of nitrogens with zero attached hydrogens (tertiary/aromatic N) is 6. The molecule has 15 rings (SSSR count). The first kappa shape index (κ1) is 37.2. The molecule has 1 aromatic heterocycles. The van der Waals surface area contributed by atoms with Gasteiger partial charge in [-0.05, 0) is 125 Å². The fourth-order valence-corrected chi connectivity index (χ4v) is 11.8. The molecule has 0 saturated heterocycles. The Balaban J connectivity index is 0.843. The van der Waals surface area contributed by atoms with Crippen LogP contribution in [-0.4, -0.2) is 18.4 Å². The Kier molecular flexibility index (Phi) is 9.21. The molecule has 0 amide bonds. The van der Waals surface area contributed by atoms with Gasteiger partial charge in [0, 0.05) is 69.3 Å². The topological polar surface area (TPSA) is 38.3 Å². The summed E-state index contributed by atoms with van der Waals surface area (Å²) in [6.45, 7) is 0.00815. The zero-order valence-electron chi connectivity index (χ0n) is 52.9. The van der Waals surface area contributed by atoms with Crippen molar-refractivity contribution in [1.82, 2.24) is 4.98 Å². The SMILES string of the molecule is [2H]c1c([2H])c([2H])c(-c2cccc(-c3c([2H])c([2H])c([2H])c([2H])c3[2H])c2N2CN(c3cccc(Oc4cccc(N(c5cc6c7c(c5)N(c5ccccc5)c5ccccc5B7c5ccccc5N6c5ccccc5)c5ccccn5)c4)c3)c3ccccc32)c([2H])c1[2H]. The third-order valence-corrected chi connectivity index (χ3v) is 15.1. The lowest BCUT2D eigenvalue weighted by atomic mass is 9.33. The highest BCUT2D eigenvalue weighted by atomic mass is 16.5. The summed E-state index contributed by atoms with van der Waals surface area (Å²) in [5, 5.41) is 0. The zero-order chi connectivity index (χ0) is 61.6. The van der Waals surface area contributed by atoms with Crippen molar-refractivity contribution in [1.29, 1.82) is 0 Å². The predicted molar refractivity (Wildman–Crippen MR) is 332 cm³/mol. The molecule has 0 fully saturated rings. The number of pyridine rings is 1. The van der Waals surface area contributed by atoms with Crippen LogP contribution in [0.5, 0.6) is 11.5 Å². The van der Waals surface area contributed by atoms with Crippen LogP contribution in [-0.2, 0) is 0 Å². The van der Waals surface area contributed by atoms with Gasteiger partial charge in [-0.3, -0.25) is 4.90 Å². The van der Waals surface area contributed by atoms with Gasteiger partial charge in [-0.15, -0.1) is 0 Å². The average molecular weight is 1040 g/mol. The number of para-hydroxylation sites is 7. The largest absolute Gasteiger partial charge is 0.457 e. The van der Waals surface area contributed by atoms with Gasteiger partial charge in [0.15, 0.2) is 0 Å². The van der Waals surface area contributed by atoms with Crippen molar-refractivity contribution < 1.29 is 18.4 Å². The summed E-state index contributed by atoms with van der Waals surface area (Å²) in [7, 11) is 0. The molecule has 8 heteroatoms. The maximum Gasteiger partial charge on any atom is 0.252 e. The molecule has 80 heavy (non-hydrogen) atoms. The van der Waals surface area contributed by atoms with E-state index in [-0.39, 0.29) is 41.3 Å². The van der Waals surface area contributed by atoms with E-state index in [9.17, 15) is 0 Å². The van der Waals surface area contributed by atoms with Gasteiger partial charge in [0.25, 0.3) is 6.71 Å². The third kappa shape index (κ3) is 8.04. The minimum absolute atomic E-state index is 0.0779. The summed E-state index contributed by atoms with van der Waals surface area (Å²) < 4.78 is 95.1. The van der Waals surface area contributed by atoms with E-state index in [1.54, 1.807) is 24.4 Å². The van der Waals surface area contributed by atoms with Crippen LogP contribution in [0.2, 0.25) is 0 Å². The summed E-state index contributed by atoms with van der Waals surface area (Å²) in [6.07, 6.45) is 1.80. The van der Waals surface area contributed by atoms with Crippen LogP contribution in [0.15, 0.2) is 297 Å². The highest BCUT2D eigenvalue weighted by Crippen LogP contribution is 2.52. The van der Waals surface area contributed by atoms with E-state index in [2.05, 4.69) is 130 Å². The number of hydrogen-bond acceptors (Lipinski definition) is 7. The third-order valence-electron chi connectivity index (χ3n) is 15.1. The van der Waals surface area contributed by atoms with Gasteiger partial charge < -0.3 is 24.3 Å². The van der Waals surface area contributed by atoms with Crippen LogP contribution in [0.25, 0.3) is 22.3 Å². The van der Waals surface area contributed by atoms with E-state index in [0.29, 0.717) is 28.7 Å². The van der Waals surface area contributed by atoms with Gasteiger partial charge in [-0.25, -0.2) is 4.98 Å². The molecule has 0 unspecified atom stereocenters. The molecular weight excluding hydrogens is 976 g/mol. The van der Waals surface area contributed by atoms with Crippen LogP contribution in [0.4, 0.5) is 74.1 Å². The lowest BCUT2D eigenvalue weighted by Crippen LogP contribution is -2.61. The zero-order valence-corrected chi connectivity index (χ0v) is 42.9. The first-order valence-corrected chi connectivity index (χ1v) is 26.4. The molecule has 3 aliphatic rings. The summed E-state index contributed by atoms with van der Waals surface area (Å²) in [4.78, 5) is 15.9. The molecule has 0 saturated carbocycles. The van der Waals surface area contributed by atoms with Crippen molar-refractivity contribution in [3.05, 3.63) is 297 Å². The Morgan fingerprint density at radius 2 is 0.912 bits per heavy atom. The van der Waals surface area contributed by atoms with Crippen LogP contribution < -0.4 is 45.6 Å². The van der Waals surface area contributed by atoms with Crippen molar-refractivity contribution >= 4 is 97.2 Å². The quantitative estimate of drug-likeness (QED) is 0.120. The first-order valence-electron chi connectivity index (χ1n) is 31.4. The molecule has 0 spiro atoms. The number of ether oxygens (including phenoxy) is 1. The smallest absolute Gasteiger partial charge is 0.252 e. The van der Waals surface area contributed by atoms with Gasteiger partial charge in [0.2, 0.25) is 0 Å². The fourth-order valence-electron chi connectivity index (χ4n) is 11.8. The molecule has 0 atom stereocenters. The second kappa shape index (κ2) is 19.8. The Morgan fingerprint density at radius 1 is 0.412 bits per heavy atom. The monoisotopic (exact) mass is 1040 g/mol. The summed E-state index contributed by atoms with van der Waals surface area (Å²) in [5.41, 5.74) is 14.2. The number of rotatable bonds is 11. The molecule has 12 aromatic rings. The number of benzene rings is 11. The number of hydrogen-bond donors (Lipinski definition) is 0. The Labute approximate surface area is 480 Å². The molecule has 7 nitrogen and oxygen atoms in total. The van der Waals surface area contributed by atoms with Crippen LogP contribution >= 0.6 is 0 Å². The average Bonchev–Trinajstić information content (AvgIpc) is 0.791. The van der Waals surface area contributed by atoms with E-state index in [4.69, 9.17) is 23.4 Å². The van der Waals surface area contributed by atoms with Crippen LogP contribution in [0.3, 0.4) is 0 Å². The van der Waals surface area contributed by atoms with Crippen molar-refractivity contribution in [2.45, 2.75) is 0 Å². The van der Waals surface area contributed by atoms with E-state index in [1.807, 2.05) is 107 Å². The predicted octanol–water partition coefficient (Wildman–Crippen LogP) is 17.0. The fraction of sp³-hybridized carbons (Fsp3) is 0.0139. The number of anilines is 13. The summed E-state index contributed by atoms with van der Waals surface area (Å²) in [5.74, 6) is 1.75. The van der Waals surface area contributed by atoms with E-state index < -0.39 is 60.4 Å². The van der Waals surface area contributed by atoms with Crippen LogP contribution in [0.1, 0.15) is 13.7 Å². The van der Waals surface area contributed by atoms with E-state index in [1.165, 1.54) is 16.4 Å². The molecule has 4 heterocycles. The molecule has 3 aliphatic heterocycles. The highest BCUT2D eigenvalue weighted by Gasteiger charge is 2.44. The standard InChI is InChI=1S/C72H51BN6O/c1-5-24-51(25-6-1)60-36-23-37-61(52-26-7-2-8-27-52)72(60)76-50-75(66-42-17-18-43-67(66)76)55-32-21-34-58(46-55)80-59-35-22-33-56(47-59)77(70-44-19-20-45-74-70)57-48-68-71-69(49-57)79(54-30-11-4-12-31-54)65-41-16-14-39-63(65)73(71)62-38-13-15-40-64(62)78(68)53-28-9-3-10-29-53/h1-49H,50H2/i1D,2D,5D,6D,7D,8D,24D,25D,26D,27D. The molecule has 0 radical (unpaired) electrons. The van der Waals surface area contributed by atoms with E-state index >= 15 is 0 Å². The van der Waals surface area contributed by atoms with Gasteiger partial charge in [-0.1, -0.05) is 182 Å². The van der Waals surface area contributed by atoms with Gasteiger partial charge in [-0.2, -0.15) is 0 Å². The second-order valence-corrected chi connectivity index (χ2v) is 19.6. The highest BCUT2D eigenvalue weighted by molar-refractivity contribution is 7.00. The summed E-state index contributed by atoms with van der Waals surface area (Å²) in [6, 6.07) is 72.0. The lowest BCUT2D eigenvalue weighted by molar-refractivity contribution is 0.483. The van der Waals surface area contributed by atoms with Gasteiger partial charge >= 0.3 is 0 Å². The van der Waals surface area contributed by atoms with Crippen molar-refractivity contribution in [3.63, 3.8) is 0 Å². The lowest BCUT2D eigenvalue weighted by Gasteiger charge is -2.44. The number of aromatic nitrogens is 1. The van der Waals surface area contributed by atoms with Crippen molar-refractivity contribution in [3.8, 4) is 33.8 Å². The minimum Gasteiger partial charge on any atom is -0.457 e. The van der Waals surface area contributed by atoms with Crippen LogP contribution in [0, 0.1) is 0 Å². The summed E-state index contributed by atoms with van der Waals surface area (Å²) >= 11 is 0. The maximum absolute atomic E-state index is 9.15. The van der Waals surface area contributed by atoms with Gasteiger partial charge in [0.05, 0.1) is 42.1 Å². The first-order chi connectivity index (χ1) is 43.9. The Hall–Kier alpha value is -10.6. The maximum atomic E-state index is 9.15.